The minimum Gasteiger partial charge on any atom is -0.354 e. The molecule has 3 rings (SSSR count). The van der Waals surface area contributed by atoms with Crippen molar-refractivity contribution in [2.45, 2.75) is 64.8 Å². The van der Waals surface area contributed by atoms with E-state index in [0.717, 1.165) is 38.6 Å². The second-order valence-corrected chi connectivity index (χ2v) is 9.68. The van der Waals surface area contributed by atoms with Crippen LogP contribution in [0.2, 0.25) is 0 Å². The van der Waals surface area contributed by atoms with Crippen LogP contribution in [0.3, 0.4) is 0 Å². The first-order chi connectivity index (χ1) is 12.1. The zero-order valence-corrected chi connectivity index (χ0v) is 16.6. The number of nitrogens with zero attached hydrogens (tertiary/aromatic N) is 1. The molecule has 3 aliphatic rings. The largest absolute Gasteiger partial charge is 0.354 e. The van der Waals surface area contributed by atoms with Gasteiger partial charge >= 0.3 is 0 Å². The summed E-state index contributed by atoms with van der Waals surface area (Å²) in [5.41, 5.74) is -0.115. The van der Waals surface area contributed by atoms with Gasteiger partial charge in [-0.2, -0.15) is 0 Å². The molecule has 0 radical (unpaired) electrons. The molecule has 0 aromatic rings. The van der Waals surface area contributed by atoms with Crippen molar-refractivity contribution >= 4 is 17.7 Å². The molecule has 6 heteroatoms. The highest BCUT2D eigenvalue weighted by molar-refractivity contribution is 5.87. The molecule has 0 aromatic carbocycles. The summed E-state index contributed by atoms with van der Waals surface area (Å²) in [5.74, 6) is 0.430. The smallest absolute Gasteiger partial charge is 0.226 e. The molecule has 1 heterocycles. The van der Waals surface area contributed by atoms with Gasteiger partial charge in [0.25, 0.3) is 0 Å². The van der Waals surface area contributed by atoms with Crippen molar-refractivity contribution in [1.29, 1.82) is 0 Å². The van der Waals surface area contributed by atoms with Gasteiger partial charge in [0, 0.05) is 38.4 Å². The quantitative estimate of drug-likeness (QED) is 0.722. The Kier molecular flexibility index (Phi) is 5.06. The van der Waals surface area contributed by atoms with Crippen molar-refractivity contribution in [3.05, 3.63) is 0 Å². The van der Waals surface area contributed by atoms with Crippen molar-refractivity contribution < 1.29 is 14.4 Å². The molecule has 0 bridgehead atoms. The minimum absolute atomic E-state index is 0.0611. The number of hydrogen-bond donors (Lipinski definition) is 2. The summed E-state index contributed by atoms with van der Waals surface area (Å²) in [6, 6.07) is 0. The first kappa shape index (κ1) is 19.2. The van der Waals surface area contributed by atoms with Crippen LogP contribution >= 0.6 is 0 Å². The Morgan fingerprint density at radius 1 is 1.23 bits per heavy atom. The van der Waals surface area contributed by atoms with E-state index in [2.05, 4.69) is 24.5 Å². The normalized spacial score (nSPS) is 27.6. The van der Waals surface area contributed by atoms with Crippen molar-refractivity contribution in [2.75, 3.05) is 20.1 Å². The molecule has 2 aliphatic carbocycles. The summed E-state index contributed by atoms with van der Waals surface area (Å²) < 4.78 is 0. The van der Waals surface area contributed by atoms with Gasteiger partial charge in [0.2, 0.25) is 17.7 Å². The second-order valence-electron chi connectivity index (χ2n) is 9.68. The molecule has 1 aliphatic heterocycles. The van der Waals surface area contributed by atoms with Crippen LogP contribution in [0.15, 0.2) is 0 Å². The lowest BCUT2D eigenvalue weighted by Crippen LogP contribution is -2.58. The fourth-order valence-electron chi connectivity index (χ4n) is 4.52. The zero-order chi connectivity index (χ0) is 19.1. The molecule has 146 valence electrons. The van der Waals surface area contributed by atoms with Crippen molar-refractivity contribution in [2.24, 2.45) is 23.2 Å². The number of likely N-dealkylation sites (tertiary alicyclic amines) is 1. The highest BCUT2D eigenvalue weighted by atomic mass is 16.2. The molecule has 3 amide bonds. The third-order valence-electron chi connectivity index (χ3n) is 6.48. The lowest BCUT2D eigenvalue weighted by atomic mass is 9.64. The van der Waals surface area contributed by atoms with Gasteiger partial charge in [-0.3, -0.25) is 14.4 Å². The van der Waals surface area contributed by atoms with Gasteiger partial charge in [0.05, 0.1) is 5.54 Å². The first-order valence-electron chi connectivity index (χ1n) is 9.93. The van der Waals surface area contributed by atoms with Crippen LogP contribution in [0, 0.1) is 23.2 Å². The molecule has 0 aromatic heterocycles. The van der Waals surface area contributed by atoms with Gasteiger partial charge in [-0.15, -0.1) is 0 Å². The van der Waals surface area contributed by atoms with Crippen molar-refractivity contribution in [1.82, 2.24) is 15.5 Å². The Bertz CT molecular complexity index is 591. The van der Waals surface area contributed by atoms with E-state index in [0.29, 0.717) is 12.5 Å². The third kappa shape index (κ3) is 4.21. The van der Waals surface area contributed by atoms with Crippen LogP contribution in [-0.4, -0.2) is 48.3 Å². The Morgan fingerprint density at radius 3 is 2.38 bits per heavy atom. The van der Waals surface area contributed by atoms with E-state index in [-0.39, 0.29) is 46.9 Å². The fourth-order valence-corrected chi connectivity index (χ4v) is 4.52. The van der Waals surface area contributed by atoms with E-state index in [4.69, 9.17) is 0 Å². The average molecular weight is 364 g/mol. The van der Waals surface area contributed by atoms with Crippen molar-refractivity contribution in [3.8, 4) is 0 Å². The Hall–Kier alpha value is -1.59. The maximum atomic E-state index is 12.6. The predicted molar refractivity (Wildman–Crippen MR) is 99.1 cm³/mol. The number of rotatable bonds is 7. The molecule has 3 fully saturated rings. The number of amides is 3. The molecule has 2 unspecified atom stereocenters. The lowest BCUT2D eigenvalue weighted by Gasteiger charge is -2.43. The van der Waals surface area contributed by atoms with Gasteiger partial charge in [0.1, 0.15) is 0 Å². The van der Waals surface area contributed by atoms with Gasteiger partial charge in [0.15, 0.2) is 0 Å². The number of carbonyl (C=O) groups is 3. The van der Waals surface area contributed by atoms with E-state index in [9.17, 15) is 14.4 Å². The maximum absolute atomic E-state index is 12.6. The Morgan fingerprint density at radius 2 is 1.88 bits per heavy atom. The second kappa shape index (κ2) is 6.86. The summed E-state index contributed by atoms with van der Waals surface area (Å²) in [5, 5.41) is 6.21. The van der Waals surface area contributed by atoms with E-state index in [1.807, 2.05) is 6.92 Å². The van der Waals surface area contributed by atoms with Gasteiger partial charge < -0.3 is 15.5 Å². The average Bonchev–Trinajstić information content (AvgIpc) is 3.34. The van der Waals surface area contributed by atoms with E-state index < -0.39 is 0 Å². The van der Waals surface area contributed by atoms with Crippen LogP contribution in [0.25, 0.3) is 0 Å². The molecular formula is C20H33N3O3. The summed E-state index contributed by atoms with van der Waals surface area (Å²) in [7, 11) is 1.78. The highest BCUT2D eigenvalue weighted by Gasteiger charge is 2.46. The topological polar surface area (TPSA) is 78.5 Å². The van der Waals surface area contributed by atoms with Gasteiger partial charge in [-0.05, 0) is 50.4 Å². The fraction of sp³-hybridized carbons (Fsp3) is 0.850. The summed E-state index contributed by atoms with van der Waals surface area (Å²) >= 11 is 0. The Balaban J connectivity index is 1.49. The molecule has 2 atom stereocenters. The zero-order valence-electron chi connectivity index (χ0n) is 16.6. The monoisotopic (exact) mass is 363 g/mol. The number of carbonyl (C=O) groups excluding carboxylic acids is 3. The SMILES string of the molecule is CN1CCC(CC(=O)NCC(C)(NC(=O)C2CC(C)(C)C2)C2CC2)C1=O. The first-order valence-corrected chi connectivity index (χ1v) is 9.93. The molecule has 1 saturated heterocycles. The molecule has 2 N–H and O–H groups in total. The molecule has 0 spiro atoms. The molecule has 26 heavy (non-hydrogen) atoms. The van der Waals surface area contributed by atoms with E-state index >= 15 is 0 Å². The van der Waals surface area contributed by atoms with E-state index in [1.54, 1.807) is 11.9 Å². The van der Waals surface area contributed by atoms with Gasteiger partial charge in [-0.25, -0.2) is 0 Å². The number of hydrogen-bond acceptors (Lipinski definition) is 3. The van der Waals surface area contributed by atoms with Crippen LogP contribution < -0.4 is 10.6 Å². The lowest BCUT2D eigenvalue weighted by molar-refractivity contribution is -0.134. The number of nitrogens with one attached hydrogen (secondary N) is 2. The summed E-state index contributed by atoms with van der Waals surface area (Å²) in [6.45, 7) is 7.60. The maximum Gasteiger partial charge on any atom is 0.226 e. The van der Waals surface area contributed by atoms with Crippen molar-refractivity contribution in [3.63, 3.8) is 0 Å². The van der Waals surface area contributed by atoms with Crippen LogP contribution in [-0.2, 0) is 14.4 Å². The molecule has 2 saturated carbocycles. The van der Waals surface area contributed by atoms with Gasteiger partial charge in [-0.1, -0.05) is 13.8 Å². The van der Waals surface area contributed by atoms with Crippen LogP contribution in [0.4, 0.5) is 0 Å². The standard InChI is InChI=1S/C20H33N3O3/c1-19(2)10-14(11-19)17(25)22-20(3,15-5-6-15)12-21-16(24)9-13-7-8-23(4)18(13)26/h13-15H,5-12H2,1-4H3,(H,21,24)(H,22,25). The van der Waals surface area contributed by atoms with Crippen LogP contribution in [0.5, 0.6) is 0 Å². The van der Waals surface area contributed by atoms with E-state index in [1.165, 1.54) is 0 Å². The highest BCUT2D eigenvalue weighted by Crippen LogP contribution is 2.46. The summed E-state index contributed by atoms with van der Waals surface area (Å²) in [4.78, 5) is 38.6. The third-order valence-corrected chi connectivity index (χ3v) is 6.48. The predicted octanol–water partition coefficient (Wildman–Crippen LogP) is 1.69. The molecule has 6 nitrogen and oxygen atoms in total. The van der Waals surface area contributed by atoms with Crippen LogP contribution in [0.1, 0.15) is 59.3 Å². The Labute approximate surface area is 156 Å². The summed E-state index contributed by atoms with van der Waals surface area (Å²) in [6.07, 6.45) is 5.04. The minimum atomic E-state index is -0.386. The molecular weight excluding hydrogens is 330 g/mol.